The number of aromatic hydroxyl groups is 1. The van der Waals surface area contributed by atoms with Gasteiger partial charge in [0.05, 0.1) is 12.3 Å². The first-order valence-corrected chi connectivity index (χ1v) is 9.11. The highest BCUT2D eigenvalue weighted by molar-refractivity contribution is 6.11. The third-order valence-corrected chi connectivity index (χ3v) is 5.33. The second-order valence-electron chi connectivity index (χ2n) is 6.92. The normalized spacial score (nSPS) is 20.5. The smallest absolute Gasteiger partial charge is 0.326 e. The van der Waals surface area contributed by atoms with Gasteiger partial charge in [-0.2, -0.15) is 0 Å². The Hall–Kier alpha value is -2.86. The van der Waals surface area contributed by atoms with Crippen molar-refractivity contribution in [3.8, 4) is 5.75 Å². The van der Waals surface area contributed by atoms with Crippen LogP contribution in [0, 0.1) is 0 Å². The summed E-state index contributed by atoms with van der Waals surface area (Å²) in [5.74, 6) is -1.33. The van der Waals surface area contributed by atoms with Gasteiger partial charge in [-0.1, -0.05) is 18.2 Å². The molecule has 6 nitrogen and oxygen atoms in total. The van der Waals surface area contributed by atoms with Crippen molar-refractivity contribution in [2.75, 3.05) is 18.1 Å². The van der Waals surface area contributed by atoms with E-state index in [0.29, 0.717) is 11.3 Å². The van der Waals surface area contributed by atoms with E-state index >= 15 is 0 Å². The molecule has 1 heterocycles. The molecule has 4 rings (SSSR count). The molecule has 2 aliphatic rings. The molecule has 0 fully saturated rings. The Kier molecular flexibility index (Phi) is 4.15. The van der Waals surface area contributed by atoms with Gasteiger partial charge in [-0.05, 0) is 55.5 Å². The number of aliphatic hydroxyl groups is 1. The number of amides is 1. The number of carbonyl (C=O) groups excluding carboxylic acids is 2. The van der Waals surface area contributed by atoms with Crippen molar-refractivity contribution >= 4 is 17.6 Å². The van der Waals surface area contributed by atoms with Crippen LogP contribution < -0.4 is 4.90 Å². The number of hydrogen-bond acceptors (Lipinski definition) is 5. The van der Waals surface area contributed by atoms with Crippen LogP contribution in [0.25, 0.3) is 0 Å². The maximum atomic E-state index is 13.2. The van der Waals surface area contributed by atoms with Gasteiger partial charge < -0.3 is 14.9 Å². The molecule has 1 atom stereocenters. The zero-order valence-corrected chi connectivity index (χ0v) is 15.1. The third-order valence-electron chi connectivity index (χ3n) is 5.33. The minimum atomic E-state index is -2.04. The summed E-state index contributed by atoms with van der Waals surface area (Å²) in [6.07, 6.45) is 2.71. The number of para-hydroxylation sites is 1. The number of phenols is 1. The summed E-state index contributed by atoms with van der Waals surface area (Å²) >= 11 is 0. The van der Waals surface area contributed by atoms with E-state index in [2.05, 4.69) is 0 Å². The largest absolute Gasteiger partial charge is 0.508 e. The fraction of sp³-hybridized carbons (Fsp3) is 0.333. The van der Waals surface area contributed by atoms with Crippen molar-refractivity contribution in [2.45, 2.75) is 31.8 Å². The molecule has 2 aromatic carbocycles. The highest BCUT2D eigenvalue weighted by Crippen LogP contribution is 2.47. The number of phenolic OH excluding ortho intramolecular Hbond substituents is 1. The highest BCUT2D eigenvalue weighted by atomic mass is 16.5. The van der Waals surface area contributed by atoms with Gasteiger partial charge in [0.15, 0.2) is 5.60 Å². The topological polar surface area (TPSA) is 87.1 Å². The van der Waals surface area contributed by atoms with Crippen LogP contribution in [0.15, 0.2) is 36.4 Å². The SMILES string of the molecule is CCOC(=O)CN1C(=O)C(O)(c2cc3c(cc2O)CCC3)c2ccccc21. The van der Waals surface area contributed by atoms with E-state index in [1.165, 1.54) is 4.90 Å². The van der Waals surface area contributed by atoms with Crippen molar-refractivity contribution in [1.82, 2.24) is 0 Å². The molecule has 0 bridgehead atoms. The number of rotatable bonds is 4. The molecular weight excluding hydrogens is 346 g/mol. The lowest BCUT2D eigenvalue weighted by molar-refractivity contribution is -0.143. The maximum absolute atomic E-state index is 13.2. The van der Waals surface area contributed by atoms with Gasteiger partial charge in [0.2, 0.25) is 0 Å². The molecule has 6 heteroatoms. The third kappa shape index (κ3) is 2.59. The average molecular weight is 367 g/mol. The van der Waals surface area contributed by atoms with Crippen LogP contribution in [0.5, 0.6) is 5.75 Å². The number of benzene rings is 2. The van der Waals surface area contributed by atoms with Gasteiger partial charge in [0.1, 0.15) is 12.3 Å². The maximum Gasteiger partial charge on any atom is 0.326 e. The van der Waals surface area contributed by atoms with Crippen LogP contribution in [0.4, 0.5) is 5.69 Å². The first-order chi connectivity index (χ1) is 13.0. The number of aryl methyl sites for hydroxylation is 2. The van der Waals surface area contributed by atoms with Crippen molar-refractivity contribution in [2.24, 2.45) is 0 Å². The van der Waals surface area contributed by atoms with Crippen LogP contribution in [-0.2, 0) is 32.8 Å². The summed E-state index contributed by atoms with van der Waals surface area (Å²) < 4.78 is 4.96. The van der Waals surface area contributed by atoms with E-state index in [-0.39, 0.29) is 24.5 Å². The average Bonchev–Trinajstić information content (AvgIpc) is 3.19. The zero-order chi connectivity index (χ0) is 19.2. The van der Waals surface area contributed by atoms with E-state index in [9.17, 15) is 19.8 Å². The van der Waals surface area contributed by atoms with Crippen LogP contribution in [0.2, 0.25) is 0 Å². The molecule has 0 spiro atoms. The van der Waals surface area contributed by atoms with Gasteiger partial charge in [-0.25, -0.2) is 0 Å². The number of fused-ring (bicyclic) bond motifs is 2. The zero-order valence-electron chi connectivity index (χ0n) is 15.1. The van der Waals surface area contributed by atoms with Gasteiger partial charge in [-0.3, -0.25) is 14.5 Å². The summed E-state index contributed by atoms with van der Waals surface area (Å²) in [6, 6.07) is 10.1. The lowest BCUT2D eigenvalue weighted by atomic mass is 9.85. The van der Waals surface area contributed by atoms with E-state index in [1.54, 1.807) is 43.3 Å². The molecular formula is C21H21NO5. The monoisotopic (exact) mass is 367 g/mol. The van der Waals surface area contributed by atoms with Crippen LogP contribution >= 0.6 is 0 Å². The molecule has 1 aliphatic carbocycles. The number of hydrogen-bond donors (Lipinski definition) is 2. The van der Waals surface area contributed by atoms with Crippen LogP contribution in [0.3, 0.4) is 0 Å². The van der Waals surface area contributed by atoms with E-state index in [4.69, 9.17) is 4.74 Å². The summed E-state index contributed by atoms with van der Waals surface area (Å²) in [4.78, 5) is 26.4. The van der Waals surface area contributed by atoms with E-state index < -0.39 is 17.5 Å². The van der Waals surface area contributed by atoms with E-state index in [1.807, 2.05) is 0 Å². The number of esters is 1. The van der Waals surface area contributed by atoms with Gasteiger partial charge in [0.25, 0.3) is 5.91 Å². The molecule has 1 amide bonds. The summed E-state index contributed by atoms with van der Waals surface area (Å²) in [6.45, 7) is 1.60. The molecule has 0 saturated heterocycles. The standard InChI is InChI=1S/C21H21NO5/c1-2-27-19(24)12-22-17-9-4-3-8-15(17)21(26,20(22)25)16-10-13-6-5-7-14(13)11-18(16)23/h3-4,8-11,23,26H,2,5-7,12H2,1H3. The van der Waals surface area contributed by atoms with Crippen molar-refractivity contribution < 1.29 is 24.5 Å². The lowest BCUT2D eigenvalue weighted by Crippen LogP contribution is -2.43. The van der Waals surface area contributed by atoms with E-state index in [0.717, 1.165) is 30.4 Å². The molecule has 0 saturated carbocycles. The van der Waals surface area contributed by atoms with Gasteiger partial charge in [0, 0.05) is 11.1 Å². The Morgan fingerprint density at radius 1 is 1.19 bits per heavy atom. The minimum Gasteiger partial charge on any atom is -0.508 e. The summed E-state index contributed by atoms with van der Waals surface area (Å²) in [5.41, 5.74) is 0.995. The van der Waals surface area contributed by atoms with Crippen molar-refractivity contribution in [3.63, 3.8) is 0 Å². The first-order valence-electron chi connectivity index (χ1n) is 9.11. The Bertz CT molecular complexity index is 938. The summed E-state index contributed by atoms with van der Waals surface area (Å²) in [5, 5.41) is 22.1. The second-order valence-corrected chi connectivity index (χ2v) is 6.92. The first kappa shape index (κ1) is 17.5. The van der Waals surface area contributed by atoms with Crippen molar-refractivity contribution in [1.29, 1.82) is 0 Å². The Morgan fingerprint density at radius 3 is 2.63 bits per heavy atom. The summed E-state index contributed by atoms with van der Waals surface area (Å²) in [7, 11) is 0. The Labute approximate surface area is 157 Å². The molecule has 0 radical (unpaired) electrons. The molecule has 140 valence electrons. The molecule has 27 heavy (non-hydrogen) atoms. The Balaban J connectivity index is 1.83. The van der Waals surface area contributed by atoms with Gasteiger partial charge in [-0.15, -0.1) is 0 Å². The van der Waals surface area contributed by atoms with Crippen LogP contribution in [0.1, 0.15) is 35.6 Å². The Morgan fingerprint density at radius 2 is 1.89 bits per heavy atom. The number of ether oxygens (including phenoxy) is 1. The number of nitrogens with zero attached hydrogens (tertiary/aromatic N) is 1. The molecule has 2 N–H and O–H groups in total. The highest BCUT2D eigenvalue weighted by Gasteiger charge is 2.53. The predicted octanol–water partition coefficient (Wildman–Crippen LogP) is 2.03. The molecule has 0 aromatic heterocycles. The minimum absolute atomic E-state index is 0.112. The molecule has 1 aliphatic heterocycles. The number of anilines is 1. The van der Waals surface area contributed by atoms with Crippen molar-refractivity contribution in [3.05, 3.63) is 58.7 Å². The lowest BCUT2D eigenvalue weighted by Gasteiger charge is -2.25. The quantitative estimate of drug-likeness (QED) is 0.808. The fourth-order valence-corrected chi connectivity index (χ4v) is 4.09. The second kappa shape index (κ2) is 6.39. The fourth-order valence-electron chi connectivity index (χ4n) is 4.09. The molecule has 2 aromatic rings. The van der Waals surface area contributed by atoms with Gasteiger partial charge >= 0.3 is 5.97 Å². The predicted molar refractivity (Wildman–Crippen MR) is 98.6 cm³/mol. The molecule has 1 unspecified atom stereocenters. The van der Waals surface area contributed by atoms with Crippen LogP contribution in [-0.4, -0.2) is 35.2 Å². The number of carbonyl (C=O) groups is 2.